The zero-order valence-corrected chi connectivity index (χ0v) is 15.8. The summed E-state index contributed by atoms with van der Waals surface area (Å²) in [6.07, 6.45) is 7.58. The van der Waals surface area contributed by atoms with Gasteiger partial charge in [0.05, 0.1) is 13.5 Å². The molecular formula is C19H29NO5. The van der Waals surface area contributed by atoms with Gasteiger partial charge in [-0.05, 0) is 39.2 Å². The van der Waals surface area contributed by atoms with Crippen LogP contribution in [0.2, 0.25) is 0 Å². The molecule has 1 atom stereocenters. The summed E-state index contributed by atoms with van der Waals surface area (Å²) in [5, 5.41) is 0. The van der Waals surface area contributed by atoms with Gasteiger partial charge < -0.3 is 19.1 Å². The summed E-state index contributed by atoms with van der Waals surface area (Å²) in [4.78, 5) is 25.4. The molecule has 0 aromatic rings. The predicted molar refractivity (Wildman–Crippen MR) is 96.0 cm³/mol. The van der Waals surface area contributed by atoms with Crippen LogP contribution in [0, 0.1) is 0 Å². The Labute approximate surface area is 150 Å². The van der Waals surface area contributed by atoms with E-state index >= 15 is 0 Å². The number of nitrogens with zero attached hydrogens (tertiary/aromatic N) is 1. The molecule has 1 unspecified atom stereocenters. The molecule has 0 bridgehead atoms. The van der Waals surface area contributed by atoms with Gasteiger partial charge in [-0.1, -0.05) is 24.8 Å². The van der Waals surface area contributed by atoms with Crippen molar-refractivity contribution in [2.24, 2.45) is 0 Å². The van der Waals surface area contributed by atoms with E-state index in [1.165, 1.54) is 12.0 Å². The van der Waals surface area contributed by atoms with Crippen molar-refractivity contribution in [1.29, 1.82) is 0 Å². The number of esters is 1. The fraction of sp³-hybridized carbons (Fsp3) is 0.579. The molecular weight excluding hydrogens is 322 g/mol. The Morgan fingerprint density at radius 1 is 1.32 bits per heavy atom. The summed E-state index contributed by atoms with van der Waals surface area (Å²) < 4.78 is 15.8. The SMILES string of the molecule is C=C(OCC1=CCCC=C1)C(CC(=O)OC)N(C)C(=O)OC(C)(C)C. The summed E-state index contributed by atoms with van der Waals surface area (Å²) in [6.45, 7) is 9.58. The number of carbonyl (C=O) groups excluding carboxylic acids is 2. The largest absolute Gasteiger partial charge is 0.492 e. The first-order chi connectivity index (χ1) is 11.6. The van der Waals surface area contributed by atoms with E-state index in [2.05, 4.69) is 18.7 Å². The van der Waals surface area contributed by atoms with E-state index in [1.807, 2.05) is 6.08 Å². The van der Waals surface area contributed by atoms with E-state index in [0.29, 0.717) is 12.4 Å². The molecule has 1 amide bonds. The summed E-state index contributed by atoms with van der Waals surface area (Å²) in [7, 11) is 2.85. The molecule has 0 aromatic carbocycles. The van der Waals surface area contributed by atoms with Crippen molar-refractivity contribution in [1.82, 2.24) is 4.90 Å². The number of amides is 1. The number of likely N-dealkylation sites (N-methyl/N-ethyl adjacent to an activating group) is 1. The first kappa shape index (κ1) is 20.8. The first-order valence-corrected chi connectivity index (χ1v) is 8.34. The van der Waals surface area contributed by atoms with Gasteiger partial charge in [-0.2, -0.15) is 0 Å². The zero-order chi connectivity index (χ0) is 19.0. The highest BCUT2D eigenvalue weighted by molar-refractivity contribution is 5.73. The van der Waals surface area contributed by atoms with E-state index in [9.17, 15) is 9.59 Å². The molecule has 0 spiro atoms. The van der Waals surface area contributed by atoms with Crippen molar-refractivity contribution in [3.63, 3.8) is 0 Å². The maximum absolute atomic E-state index is 12.3. The van der Waals surface area contributed by atoms with E-state index in [4.69, 9.17) is 14.2 Å². The van der Waals surface area contributed by atoms with Crippen LogP contribution >= 0.6 is 0 Å². The van der Waals surface area contributed by atoms with Crippen LogP contribution in [0.5, 0.6) is 0 Å². The Balaban J connectivity index is 2.78. The number of hydrogen-bond acceptors (Lipinski definition) is 5. The van der Waals surface area contributed by atoms with Gasteiger partial charge in [-0.25, -0.2) is 4.79 Å². The molecule has 0 aromatic heterocycles. The van der Waals surface area contributed by atoms with Gasteiger partial charge in [0, 0.05) is 7.05 Å². The van der Waals surface area contributed by atoms with Gasteiger partial charge in [0.2, 0.25) is 0 Å². The van der Waals surface area contributed by atoms with Gasteiger partial charge in [0.15, 0.2) is 0 Å². The fourth-order valence-corrected chi connectivity index (χ4v) is 2.22. The third kappa shape index (κ3) is 7.45. The lowest BCUT2D eigenvalue weighted by atomic mass is 10.1. The predicted octanol–water partition coefficient (Wildman–Crippen LogP) is 3.59. The maximum Gasteiger partial charge on any atom is 0.410 e. The number of carbonyl (C=O) groups is 2. The number of ether oxygens (including phenoxy) is 3. The lowest BCUT2D eigenvalue weighted by Gasteiger charge is -2.31. The molecule has 6 nitrogen and oxygen atoms in total. The Bertz CT molecular complexity index is 557. The van der Waals surface area contributed by atoms with Crippen molar-refractivity contribution >= 4 is 12.1 Å². The van der Waals surface area contributed by atoms with E-state index in [0.717, 1.165) is 18.4 Å². The van der Waals surface area contributed by atoms with Crippen molar-refractivity contribution < 1.29 is 23.8 Å². The van der Waals surface area contributed by atoms with Crippen LogP contribution in [0.1, 0.15) is 40.0 Å². The Hall–Kier alpha value is -2.24. The van der Waals surface area contributed by atoms with Crippen LogP contribution in [0.4, 0.5) is 4.79 Å². The number of hydrogen-bond donors (Lipinski definition) is 0. The minimum atomic E-state index is -0.671. The van der Waals surface area contributed by atoms with Gasteiger partial charge in [0.1, 0.15) is 24.0 Å². The highest BCUT2D eigenvalue weighted by atomic mass is 16.6. The second-order valence-corrected chi connectivity index (χ2v) is 6.90. The molecule has 0 fully saturated rings. The summed E-state index contributed by atoms with van der Waals surface area (Å²) in [5.74, 6) is -0.138. The van der Waals surface area contributed by atoms with Crippen LogP contribution < -0.4 is 0 Å². The van der Waals surface area contributed by atoms with Crippen LogP contribution in [0.3, 0.4) is 0 Å². The first-order valence-electron chi connectivity index (χ1n) is 8.34. The molecule has 1 rings (SSSR count). The van der Waals surface area contributed by atoms with Crippen molar-refractivity contribution in [3.05, 3.63) is 36.1 Å². The molecule has 0 radical (unpaired) electrons. The zero-order valence-electron chi connectivity index (χ0n) is 15.8. The second kappa shape index (κ2) is 9.30. The summed E-state index contributed by atoms with van der Waals surface area (Å²) in [6, 6.07) is -0.671. The van der Waals surface area contributed by atoms with Crippen LogP contribution in [0.25, 0.3) is 0 Å². The smallest absolute Gasteiger partial charge is 0.410 e. The fourth-order valence-electron chi connectivity index (χ4n) is 2.22. The van der Waals surface area contributed by atoms with Gasteiger partial charge in [-0.15, -0.1) is 0 Å². The van der Waals surface area contributed by atoms with Crippen LogP contribution in [-0.2, 0) is 19.0 Å². The summed E-state index contributed by atoms with van der Waals surface area (Å²) >= 11 is 0. The molecule has 0 N–H and O–H groups in total. The molecule has 0 saturated carbocycles. The van der Waals surface area contributed by atoms with Crippen molar-refractivity contribution in [2.75, 3.05) is 20.8 Å². The molecule has 1 aliphatic carbocycles. The van der Waals surface area contributed by atoms with Crippen molar-refractivity contribution in [3.8, 4) is 0 Å². The highest BCUT2D eigenvalue weighted by Crippen LogP contribution is 2.19. The molecule has 0 aliphatic heterocycles. The average Bonchev–Trinajstić information content (AvgIpc) is 2.56. The monoisotopic (exact) mass is 351 g/mol. The molecule has 1 aliphatic rings. The van der Waals surface area contributed by atoms with E-state index < -0.39 is 23.7 Å². The number of rotatable bonds is 7. The number of allylic oxidation sites excluding steroid dienone is 2. The third-order valence-corrected chi connectivity index (χ3v) is 3.60. The second-order valence-electron chi connectivity index (χ2n) is 6.90. The quantitative estimate of drug-likeness (QED) is 0.518. The maximum atomic E-state index is 12.3. The normalized spacial score (nSPS) is 15.0. The van der Waals surface area contributed by atoms with Gasteiger partial charge in [-0.3, -0.25) is 4.79 Å². The van der Waals surface area contributed by atoms with Crippen LogP contribution in [-0.4, -0.2) is 49.4 Å². The topological polar surface area (TPSA) is 65.1 Å². The van der Waals surface area contributed by atoms with E-state index in [-0.39, 0.29) is 6.42 Å². The third-order valence-electron chi connectivity index (χ3n) is 3.60. The highest BCUT2D eigenvalue weighted by Gasteiger charge is 2.30. The molecule has 6 heteroatoms. The van der Waals surface area contributed by atoms with Gasteiger partial charge >= 0.3 is 12.1 Å². The Kier molecular flexibility index (Phi) is 7.74. The molecule has 25 heavy (non-hydrogen) atoms. The molecule has 140 valence electrons. The lowest BCUT2D eigenvalue weighted by molar-refractivity contribution is -0.141. The van der Waals surface area contributed by atoms with Crippen molar-refractivity contribution in [2.45, 2.75) is 51.7 Å². The lowest BCUT2D eigenvalue weighted by Crippen LogP contribution is -2.43. The summed E-state index contributed by atoms with van der Waals surface area (Å²) in [5.41, 5.74) is 0.408. The average molecular weight is 351 g/mol. The standard InChI is InChI=1S/C19H29NO5/c1-14(24-13-15-10-8-7-9-11-15)16(12-17(21)23-6)20(5)18(22)25-19(2,3)4/h8,10-11,16H,1,7,9,12-13H2,2-6H3. The number of methoxy groups -OCH3 is 1. The van der Waals surface area contributed by atoms with E-state index in [1.54, 1.807) is 27.8 Å². The Morgan fingerprint density at radius 3 is 2.52 bits per heavy atom. The minimum Gasteiger partial charge on any atom is -0.492 e. The van der Waals surface area contributed by atoms with Crippen LogP contribution in [0.15, 0.2) is 36.1 Å². The minimum absolute atomic E-state index is 0.0556. The molecule has 0 saturated heterocycles. The Morgan fingerprint density at radius 2 is 2.00 bits per heavy atom. The molecule has 0 heterocycles. The van der Waals surface area contributed by atoms with Gasteiger partial charge in [0.25, 0.3) is 0 Å².